The van der Waals surface area contributed by atoms with E-state index in [9.17, 15) is 9.59 Å². The Labute approximate surface area is 143 Å². The molecule has 1 amide bonds. The van der Waals surface area contributed by atoms with Crippen LogP contribution >= 0.6 is 0 Å². The maximum absolute atomic E-state index is 12.2. The lowest BCUT2D eigenvalue weighted by Crippen LogP contribution is -2.34. The van der Waals surface area contributed by atoms with Crippen molar-refractivity contribution in [1.82, 2.24) is 5.32 Å². The molecule has 0 fully saturated rings. The van der Waals surface area contributed by atoms with E-state index in [1.165, 1.54) is 0 Å². The molecule has 5 nitrogen and oxygen atoms in total. The zero-order chi connectivity index (χ0) is 18.1. The molecule has 1 atom stereocenters. The maximum Gasteiger partial charge on any atom is 0.408 e. The fourth-order valence-corrected chi connectivity index (χ4v) is 2.68. The van der Waals surface area contributed by atoms with Crippen LogP contribution in [0, 0.1) is 0 Å². The molecular weight excluding hydrogens is 306 g/mol. The number of alkyl carbamates (subject to hydrolysis) is 1. The fraction of sp³-hybridized carbons (Fsp3) is 0.579. The number of aryl methyl sites for hydroxylation is 1. The Morgan fingerprint density at radius 3 is 2.25 bits per heavy atom. The van der Waals surface area contributed by atoms with Gasteiger partial charge in [0.05, 0.1) is 11.6 Å². The van der Waals surface area contributed by atoms with Gasteiger partial charge in [0.2, 0.25) is 0 Å². The summed E-state index contributed by atoms with van der Waals surface area (Å²) in [6.07, 6.45) is 1.19. The molecule has 1 aromatic carbocycles. The molecule has 1 aliphatic rings. The standard InChI is InChI=1S/C19H27NO4/c1-18(2,3)23-16(21)13-7-9-14-12(11-13)8-10-15(14)20-17(22)24-19(4,5)6/h7,9,11,15H,8,10H2,1-6H3,(H,20,22)/t15-/m0/s1. The first-order valence-electron chi connectivity index (χ1n) is 8.30. The lowest BCUT2D eigenvalue weighted by Gasteiger charge is -2.22. The van der Waals surface area contributed by atoms with E-state index in [1.807, 2.05) is 53.7 Å². The molecule has 132 valence electrons. The van der Waals surface area contributed by atoms with E-state index in [0.29, 0.717) is 5.56 Å². The molecule has 0 bridgehead atoms. The number of hydrogen-bond donors (Lipinski definition) is 1. The Morgan fingerprint density at radius 2 is 1.67 bits per heavy atom. The quantitative estimate of drug-likeness (QED) is 0.826. The Hall–Kier alpha value is -2.04. The molecule has 5 heteroatoms. The van der Waals surface area contributed by atoms with E-state index in [0.717, 1.165) is 24.0 Å². The lowest BCUT2D eigenvalue weighted by atomic mass is 10.0. The molecule has 0 aliphatic heterocycles. The van der Waals surface area contributed by atoms with Gasteiger partial charge in [-0.3, -0.25) is 0 Å². The van der Waals surface area contributed by atoms with Crippen molar-refractivity contribution in [3.05, 3.63) is 34.9 Å². The van der Waals surface area contributed by atoms with E-state index in [-0.39, 0.29) is 12.0 Å². The Bertz CT molecular complexity index is 638. The van der Waals surface area contributed by atoms with Gasteiger partial charge in [-0.2, -0.15) is 0 Å². The zero-order valence-corrected chi connectivity index (χ0v) is 15.4. The number of carbonyl (C=O) groups is 2. The van der Waals surface area contributed by atoms with Gasteiger partial charge in [-0.1, -0.05) is 6.07 Å². The van der Waals surface area contributed by atoms with Crippen LogP contribution in [0.1, 0.15) is 75.5 Å². The van der Waals surface area contributed by atoms with E-state index >= 15 is 0 Å². The summed E-state index contributed by atoms with van der Waals surface area (Å²) in [5, 5.41) is 2.90. The van der Waals surface area contributed by atoms with Crippen LogP contribution in [-0.2, 0) is 15.9 Å². The third kappa shape index (κ3) is 4.98. The molecule has 0 spiro atoms. The van der Waals surface area contributed by atoms with Crippen molar-refractivity contribution in [3.8, 4) is 0 Å². The number of fused-ring (bicyclic) bond motifs is 1. The van der Waals surface area contributed by atoms with Crippen LogP contribution < -0.4 is 5.32 Å². The number of amides is 1. The van der Waals surface area contributed by atoms with Crippen LogP contribution in [-0.4, -0.2) is 23.3 Å². The van der Waals surface area contributed by atoms with Gasteiger partial charge in [0.15, 0.2) is 0 Å². The molecule has 0 radical (unpaired) electrons. The van der Waals surface area contributed by atoms with Crippen molar-refractivity contribution in [2.45, 2.75) is 71.6 Å². The summed E-state index contributed by atoms with van der Waals surface area (Å²) in [5.41, 5.74) is 1.61. The van der Waals surface area contributed by atoms with Crippen molar-refractivity contribution in [1.29, 1.82) is 0 Å². The average molecular weight is 333 g/mol. The van der Waals surface area contributed by atoms with Crippen molar-refractivity contribution >= 4 is 12.1 Å². The highest BCUT2D eigenvalue weighted by molar-refractivity contribution is 5.90. The minimum Gasteiger partial charge on any atom is -0.456 e. The van der Waals surface area contributed by atoms with Crippen LogP contribution in [0.5, 0.6) is 0 Å². The van der Waals surface area contributed by atoms with Gasteiger partial charge in [-0.15, -0.1) is 0 Å². The van der Waals surface area contributed by atoms with E-state index < -0.39 is 17.3 Å². The summed E-state index contributed by atoms with van der Waals surface area (Å²) in [5.74, 6) is -0.325. The highest BCUT2D eigenvalue weighted by atomic mass is 16.6. The van der Waals surface area contributed by atoms with Gasteiger partial charge in [0.1, 0.15) is 11.2 Å². The number of benzene rings is 1. The normalized spacial score (nSPS) is 17.2. The van der Waals surface area contributed by atoms with Crippen molar-refractivity contribution in [2.75, 3.05) is 0 Å². The molecule has 1 aliphatic carbocycles. The number of esters is 1. The SMILES string of the molecule is CC(C)(C)OC(=O)N[C@H]1CCc2cc(C(=O)OC(C)(C)C)ccc21. The summed E-state index contributed by atoms with van der Waals surface area (Å²) in [6.45, 7) is 11.0. The van der Waals surface area contributed by atoms with Crippen molar-refractivity contribution in [3.63, 3.8) is 0 Å². The van der Waals surface area contributed by atoms with E-state index in [1.54, 1.807) is 6.07 Å². The van der Waals surface area contributed by atoms with Crippen LogP contribution in [0.3, 0.4) is 0 Å². The highest BCUT2D eigenvalue weighted by Gasteiger charge is 2.27. The molecule has 0 saturated heterocycles. The van der Waals surface area contributed by atoms with E-state index in [4.69, 9.17) is 9.47 Å². The maximum atomic E-state index is 12.2. The number of hydrogen-bond acceptors (Lipinski definition) is 4. The van der Waals surface area contributed by atoms with Crippen LogP contribution in [0.25, 0.3) is 0 Å². The van der Waals surface area contributed by atoms with Crippen LogP contribution in [0.4, 0.5) is 4.79 Å². The minimum absolute atomic E-state index is 0.0810. The topological polar surface area (TPSA) is 64.6 Å². The second kappa shape index (κ2) is 6.46. The summed E-state index contributed by atoms with van der Waals surface area (Å²) >= 11 is 0. The van der Waals surface area contributed by atoms with Gasteiger partial charge in [0, 0.05) is 0 Å². The van der Waals surface area contributed by atoms with Crippen molar-refractivity contribution in [2.24, 2.45) is 0 Å². The molecule has 0 aromatic heterocycles. The van der Waals surface area contributed by atoms with Crippen molar-refractivity contribution < 1.29 is 19.1 Å². The first-order valence-corrected chi connectivity index (χ1v) is 8.30. The van der Waals surface area contributed by atoms with Gasteiger partial charge in [-0.05, 0) is 77.6 Å². The summed E-state index contributed by atoms with van der Waals surface area (Å²) in [6, 6.07) is 5.42. The summed E-state index contributed by atoms with van der Waals surface area (Å²) < 4.78 is 10.7. The van der Waals surface area contributed by atoms with Crippen LogP contribution in [0.15, 0.2) is 18.2 Å². The number of rotatable bonds is 2. The third-order valence-electron chi connectivity index (χ3n) is 3.55. The van der Waals surface area contributed by atoms with Crippen LogP contribution in [0.2, 0.25) is 0 Å². The second-order valence-electron chi connectivity index (χ2n) is 8.15. The molecule has 0 unspecified atom stereocenters. The number of carbonyl (C=O) groups excluding carboxylic acids is 2. The molecular formula is C19H27NO4. The minimum atomic E-state index is -0.522. The van der Waals surface area contributed by atoms with E-state index in [2.05, 4.69) is 5.32 Å². The third-order valence-corrected chi connectivity index (χ3v) is 3.55. The molecule has 0 heterocycles. The first-order chi connectivity index (χ1) is 10.9. The predicted octanol–water partition coefficient (Wildman–Crippen LogP) is 4.15. The fourth-order valence-electron chi connectivity index (χ4n) is 2.68. The predicted molar refractivity (Wildman–Crippen MR) is 92.0 cm³/mol. The van der Waals surface area contributed by atoms with Gasteiger partial charge >= 0.3 is 12.1 Å². The monoisotopic (exact) mass is 333 g/mol. The summed E-state index contributed by atoms with van der Waals surface area (Å²) in [7, 11) is 0. The van der Waals surface area contributed by atoms with Gasteiger partial charge < -0.3 is 14.8 Å². The molecule has 0 saturated carbocycles. The Kier molecular flexibility index (Phi) is 4.92. The Balaban J connectivity index is 2.08. The smallest absolute Gasteiger partial charge is 0.408 e. The zero-order valence-electron chi connectivity index (χ0n) is 15.4. The largest absolute Gasteiger partial charge is 0.456 e. The Morgan fingerprint density at radius 1 is 1.04 bits per heavy atom. The molecule has 24 heavy (non-hydrogen) atoms. The molecule has 2 rings (SSSR count). The molecule has 1 aromatic rings. The number of ether oxygens (including phenoxy) is 2. The molecule has 1 N–H and O–H groups in total. The second-order valence-corrected chi connectivity index (χ2v) is 8.15. The van der Waals surface area contributed by atoms with Gasteiger partial charge in [0.25, 0.3) is 0 Å². The lowest BCUT2D eigenvalue weighted by molar-refractivity contribution is 0.00690. The first kappa shape index (κ1) is 18.3. The summed E-state index contributed by atoms with van der Waals surface area (Å²) in [4.78, 5) is 24.1. The number of nitrogens with one attached hydrogen (secondary N) is 1. The average Bonchev–Trinajstić information content (AvgIpc) is 2.77. The highest BCUT2D eigenvalue weighted by Crippen LogP contribution is 2.32. The van der Waals surface area contributed by atoms with Gasteiger partial charge in [-0.25, -0.2) is 9.59 Å².